The number of unbranched alkanes of at least 4 members (excludes halogenated alkanes) is 1. The van der Waals surface area contributed by atoms with Gasteiger partial charge in [-0.1, -0.05) is 12.8 Å². The molecule has 104 valence electrons. The van der Waals surface area contributed by atoms with Crippen LogP contribution in [0.2, 0.25) is 0 Å². The van der Waals surface area contributed by atoms with Crippen LogP contribution >= 0.6 is 0 Å². The fraction of sp³-hybridized carbons (Fsp3) is 0.846. The third-order valence-corrected chi connectivity index (χ3v) is 3.45. The molecule has 2 amide bonds. The van der Waals surface area contributed by atoms with Gasteiger partial charge in [-0.2, -0.15) is 0 Å². The lowest BCUT2D eigenvalue weighted by molar-refractivity contribution is -0.137. The van der Waals surface area contributed by atoms with Crippen LogP contribution in [0.25, 0.3) is 0 Å². The molecule has 1 fully saturated rings. The zero-order valence-electron chi connectivity index (χ0n) is 11.2. The number of hydrogen-bond acceptors (Lipinski definition) is 2. The van der Waals surface area contributed by atoms with Gasteiger partial charge in [0.05, 0.1) is 0 Å². The van der Waals surface area contributed by atoms with Gasteiger partial charge in [0.2, 0.25) is 0 Å². The van der Waals surface area contributed by atoms with E-state index in [9.17, 15) is 9.59 Å². The molecule has 1 aliphatic rings. The van der Waals surface area contributed by atoms with Gasteiger partial charge < -0.3 is 15.3 Å². The predicted octanol–water partition coefficient (Wildman–Crippen LogP) is 2.07. The quantitative estimate of drug-likeness (QED) is 0.685. The summed E-state index contributed by atoms with van der Waals surface area (Å²) in [7, 11) is 1.82. The third kappa shape index (κ3) is 5.89. The van der Waals surface area contributed by atoms with Gasteiger partial charge in [0.25, 0.3) is 0 Å². The number of carboxylic acid groups (broad SMARTS) is 1. The fourth-order valence-corrected chi connectivity index (χ4v) is 2.39. The number of aliphatic carboxylic acids is 1. The molecule has 1 rings (SSSR count). The number of carboxylic acids is 1. The Kier molecular flexibility index (Phi) is 6.54. The Labute approximate surface area is 109 Å². The van der Waals surface area contributed by atoms with Crippen molar-refractivity contribution in [2.24, 2.45) is 5.92 Å². The zero-order valence-corrected chi connectivity index (χ0v) is 11.2. The summed E-state index contributed by atoms with van der Waals surface area (Å²) in [5, 5.41) is 11.3. The van der Waals surface area contributed by atoms with E-state index in [2.05, 4.69) is 5.32 Å². The van der Waals surface area contributed by atoms with Crippen LogP contribution in [0.1, 0.15) is 44.9 Å². The Morgan fingerprint density at radius 2 is 1.94 bits per heavy atom. The van der Waals surface area contributed by atoms with E-state index in [0.29, 0.717) is 18.9 Å². The fourth-order valence-electron chi connectivity index (χ4n) is 2.39. The SMILES string of the molecule is CN(CC1CCCC1)C(=O)NCCCCC(=O)O. The molecular weight excluding hydrogens is 232 g/mol. The molecule has 5 heteroatoms. The maximum atomic E-state index is 11.7. The second-order valence-electron chi connectivity index (χ2n) is 5.11. The maximum Gasteiger partial charge on any atom is 0.317 e. The molecule has 2 N–H and O–H groups in total. The van der Waals surface area contributed by atoms with E-state index in [1.807, 2.05) is 7.05 Å². The minimum Gasteiger partial charge on any atom is -0.481 e. The Hall–Kier alpha value is -1.26. The Morgan fingerprint density at radius 1 is 1.28 bits per heavy atom. The molecule has 18 heavy (non-hydrogen) atoms. The van der Waals surface area contributed by atoms with Crippen LogP contribution < -0.4 is 5.32 Å². The molecule has 0 radical (unpaired) electrons. The van der Waals surface area contributed by atoms with Crippen molar-refractivity contribution < 1.29 is 14.7 Å². The van der Waals surface area contributed by atoms with E-state index in [4.69, 9.17) is 5.11 Å². The lowest BCUT2D eigenvalue weighted by Gasteiger charge is -2.21. The molecule has 0 heterocycles. The normalized spacial score (nSPS) is 15.6. The van der Waals surface area contributed by atoms with Crippen molar-refractivity contribution in [3.63, 3.8) is 0 Å². The molecule has 0 spiro atoms. The molecule has 0 aliphatic heterocycles. The van der Waals surface area contributed by atoms with E-state index < -0.39 is 5.97 Å². The van der Waals surface area contributed by atoms with Gasteiger partial charge in [-0.15, -0.1) is 0 Å². The number of rotatable bonds is 7. The van der Waals surface area contributed by atoms with Crippen LogP contribution in [0.15, 0.2) is 0 Å². The highest BCUT2D eigenvalue weighted by molar-refractivity contribution is 5.73. The highest BCUT2D eigenvalue weighted by Crippen LogP contribution is 2.25. The number of carbonyl (C=O) groups is 2. The summed E-state index contributed by atoms with van der Waals surface area (Å²) in [4.78, 5) is 23.8. The van der Waals surface area contributed by atoms with Crippen molar-refractivity contribution in [3.8, 4) is 0 Å². The molecular formula is C13H24N2O3. The van der Waals surface area contributed by atoms with Crippen molar-refractivity contribution in [1.29, 1.82) is 0 Å². The lowest BCUT2D eigenvalue weighted by atomic mass is 10.1. The Morgan fingerprint density at radius 3 is 2.56 bits per heavy atom. The highest BCUT2D eigenvalue weighted by atomic mass is 16.4. The van der Waals surface area contributed by atoms with Crippen LogP contribution in [0.3, 0.4) is 0 Å². The number of amides is 2. The number of hydrogen-bond donors (Lipinski definition) is 2. The first-order valence-corrected chi connectivity index (χ1v) is 6.80. The van der Waals surface area contributed by atoms with E-state index in [1.165, 1.54) is 25.7 Å². The van der Waals surface area contributed by atoms with Gasteiger partial charge in [0.1, 0.15) is 0 Å². The van der Waals surface area contributed by atoms with Crippen LogP contribution in [0.4, 0.5) is 4.79 Å². The predicted molar refractivity (Wildman–Crippen MR) is 69.5 cm³/mol. The van der Waals surface area contributed by atoms with Crippen molar-refractivity contribution >= 4 is 12.0 Å². The molecule has 0 aromatic rings. The van der Waals surface area contributed by atoms with Gasteiger partial charge in [0, 0.05) is 26.6 Å². The second-order valence-corrected chi connectivity index (χ2v) is 5.11. The molecule has 0 aromatic carbocycles. The molecule has 1 aliphatic carbocycles. The number of nitrogens with zero attached hydrogens (tertiary/aromatic N) is 1. The largest absolute Gasteiger partial charge is 0.481 e. The number of urea groups is 1. The first-order chi connectivity index (χ1) is 8.59. The first kappa shape index (κ1) is 14.8. The summed E-state index contributed by atoms with van der Waals surface area (Å²) in [6.07, 6.45) is 6.54. The van der Waals surface area contributed by atoms with Gasteiger partial charge in [-0.05, 0) is 31.6 Å². The molecule has 5 nitrogen and oxygen atoms in total. The van der Waals surface area contributed by atoms with Crippen LogP contribution in [0, 0.1) is 5.92 Å². The lowest BCUT2D eigenvalue weighted by Crippen LogP contribution is -2.39. The minimum atomic E-state index is -0.778. The van der Waals surface area contributed by atoms with Crippen LogP contribution in [-0.2, 0) is 4.79 Å². The molecule has 0 saturated heterocycles. The topological polar surface area (TPSA) is 69.6 Å². The van der Waals surface area contributed by atoms with Crippen molar-refractivity contribution in [3.05, 3.63) is 0 Å². The number of carbonyl (C=O) groups excluding carboxylic acids is 1. The van der Waals surface area contributed by atoms with Gasteiger partial charge in [0.15, 0.2) is 0 Å². The average Bonchev–Trinajstić information content (AvgIpc) is 2.80. The van der Waals surface area contributed by atoms with E-state index in [0.717, 1.165) is 13.0 Å². The summed E-state index contributed by atoms with van der Waals surface area (Å²) in [6.45, 7) is 1.39. The molecule has 0 bridgehead atoms. The summed E-state index contributed by atoms with van der Waals surface area (Å²) in [6, 6.07) is -0.0442. The van der Waals surface area contributed by atoms with Crippen LogP contribution in [-0.4, -0.2) is 42.1 Å². The molecule has 0 atom stereocenters. The zero-order chi connectivity index (χ0) is 13.4. The minimum absolute atomic E-state index is 0.0442. The summed E-state index contributed by atoms with van der Waals surface area (Å²) >= 11 is 0. The van der Waals surface area contributed by atoms with E-state index in [1.54, 1.807) is 4.90 Å². The van der Waals surface area contributed by atoms with E-state index in [-0.39, 0.29) is 12.5 Å². The molecule has 0 unspecified atom stereocenters. The molecule has 1 saturated carbocycles. The highest BCUT2D eigenvalue weighted by Gasteiger charge is 2.18. The van der Waals surface area contributed by atoms with Gasteiger partial charge in [-0.25, -0.2) is 4.79 Å². The van der Waals surface area contributed by atoms with Crippen molar-refractivity contribution in [2.75, 3.05) is 20.1 Å². The van der Waals surface area contributed by atoms with E-state index >= 15 is 0 Å². The molecule has 0 aromatic heterocycles. The van der Waals surface area contributed by atoms with Crippen LogP contribution in [0.5, 0.6) is 0 Å². The van der Waals surface area contributed by atoms with Crippen molar-refractivity contribution in [1.82, 2.24) is 10.2 Å². The third-order valence-electron chi connectivity index (χ3n) is 3.45. The van der Waals surface area contributed by atoms with Crippen molar-refractivity contribution in [2.45, 2.75) is 44.9 Å². The van der Waals surface area contributed by atoms with Gasteiger partial charge in [-0.3, -0.25) is 4.79 Å². The standard InChI is InChI=1S/C13H24N2O3/c1-15(10-11-6-2-3-7-11)13(18)14-9-5-4-8-12(16)17/h11H,2-10H2,1H3,(H,14,18)(H,16,17). The second kappa shape index (κ2) is 7.95. The summed E-state index contributed by atoms with van der Waals surface area (Å²) in [5.41, 5.74) is 0. The average molecular weight is 256 g/mol. The first-order valence-electron chi connectivity index (χ1n) is 6.80. The summed E-state index contributed by atoms with van der Waals surface area (Å²) in [5.74, 6) is -0.118. The number of nitrogens with one attached hydrogen (secondary N) is 1. The van der Waals surface area contributed by atoms with Gasteiger partial charge >= 0.3 is 12.0 Å². The Balaban J connectivity index is 2.05. The summed E-state index contributed by atoms with van der Waals surface area (Å²) < 4.78 is 0. The maximum absolute atomic E-state index is 11.7. The smallest absolute Gasteiger partial charge is 0.317 e. The monoisotopic (exact) mass is 256 g/mol. The Bertz CT molecular complexity index is 275.